The minimum absolute atomic E-state index is 0.114. The van der Waals surface area contributed by atoms with E-state index in [1.807, 2.05) is 6.92 Å². The molecule has 0 fully saturated rings. The molecule has 0 spiro atoms. The van der Waals surface area contributed by atoms with E-state index in [-0.39, 0.29) is 17.9 Å². The Morgan fingerprint density at radius 3 is 2.57 bits per heavy atom. The average molecular weight is 297 g/mol. The summed E-state index contributed by atoms with van der Waals surface area (Å²) in [7, 11) is 0. The fourth-order valence-corrected chi connectivity index (χ4v) is 1.95. The Bertz CT molecular complexity index is 615. The van der Waals surface area contributed by atoms with E-state index in [0.717, 1.165) is 17.4 Å². The quantitative estimate of drug-likeness (QED) is 0.472. The number of carbonyl (C=O) groups excluding carboxylic acids is 3. The van der Waals surface area contributed by atoms with Crippen LogP contribution in [0.3, 0.4) is 0 Å². The van der Waals surface area contributed by atoms with Gasteiger partial charge in [0.05, 0.1) is 17.9 Å². The molecule has 1 aromatic carbocycles. The summed E-state index contributed by atoms with van der Waals surface area (Å²) in [6.45, 7) is 1.62. The first-order valence-electron chi connectivity index (χ1n) is 6.46. The first kappa shape index (κ1) is 15.1. The normalized spacial score (nSPS) is 13.6. The van der Waals surface area contributed by atoms with Gasteiger partial charge in [-0.1, -0.05) is 13.3 Å². The molecule has 0 bridgehead atoms. The predicted molar refractivity (Wildman–Crippen MR) is 68.9 cm³/mol. The molecule has 1 aliphatic rings. The van der Waals surface area contributed by atoms with Gasteiger partial charge in [0.1, 0.15) is 6.54 Å². The number of hydrogen-bond donors (Lipinski definition) is 0. The van der Waals surface area contributed by atoms with Gasteiger partial charge in [-0.05, 0) is 12.5 Å². The third kappa shape index (κ3) is 2.91. The summed E-state index contributed by atoms with van der Waals surface area (Å²) < 4.78 is 31.3. The first-order valence-corrected chi connectivity index (χ1v) is 6.46. The van der Waals surface area contributed by atoms with Crippen molar-refractivity contribution in [3.63, 3.8) is 0 Å². The van der Waals surface area contributed by atoms with Gasteiger partial charge in [-0.25, -0.2) is 8.78 Å². The molecule has 112 valence electrons. The van der Waals surface area contributed by atoms with Crippen molar-refractivity contribution in [3.05, 3.63) is 29.3 Å². The number of amides is 1. The number of unbranched alkanes of at least 4 members (excludes halogenated alkanes) is 1. The fraction of sp³-hybridized carbons (Fsp3) is 0.357. The second kappa shape index (κ2) is 5.99. The highest BCUT2D eigenvalue weighted by Crippen LogP contribution is 2.30. The maximum atomic E-state index is 13.2. The molecule has 0 saturated heterocycles. The number of ketones is 1. The number of fused-ring (bicyclic) bond motifs is 1. The number of carbonyl (C=O) groups is 3. The molecule has 0 aliphatic carbocycles. The van der Waals surface area contributed by atoms with Gasteiger partial charge < -0.3 is 4.74 Å². The lowest BCUT2D eigenvalue weighted by atomic mass is 10.1. The van der Waals surface area contributed by atoms with Crippen LogP contribution in [0.1, 0.15) is 30.1 Å². The van der Waals surface area contributed by atoms with E-state index in [4.69, 9.17) is 4.74 Å². The van der Waals surface area contributed by atoms with Gasteiger partial charge in [-0.2, -0.15) is 0 Å². The number of rotatable bonds is 5. The molecular formula is C14H13F2NO4. The Balaban J connectivity index is 2.19. The third-order valence-electron chi connectivity index (χ3n) is 3.06. The molecule has 1 aromatic rings. The first-order chi connectivity index (χ1) is 9.95. The summed E-state index contributed by atoms with van der Waals surface area (Å²) in [4.78, 5) is 35.8. The number of ether oxygens (including phenoxy) is 1. The Hall–Kier alpha value is -2.31. The van der Waals surface area contributed by atoms with Gasteiger partial charge in [-0.15, -0.1) is 0 Å². The summed E-state index contributed by atoms with van der Waals surface area (Å²) in [5.74, 6) is -5.09. The number of halogens is 2. The number of Topliss-reactive ketones (excluding diaryl/α,β-unsaturated/α-hetero) is 1. The van der Waals surface area contributed by atoms with Crippen LogP contribution in [0, 0.1) is 11.6 Å². The van der Waals surface area contributed by atoms with Crippen LogP contribution < -0.4 is 4.90 Å². The largest absolute Gasteiger partial charge is 0.464 e. The summed E-state index contributed by atoms with van der Waals surface area (Å²) >= 11 is 0. The minimum atomic E-state index is -1.22. The fourth-order valence-electron chi connectivity index (χ4n) is 1.95. The van der Waals surface area contributed by atoms with Crippen LogP contribution >= 0.6 is 0 Å². The molecule has 0 unspecified atom stereocenters. The van der Waals surface area contributed by atoms with Crippen LogP contribution in [-0.2, 0) is 14.3 Å². The number of hydrogen-bond acceptors (Lipinski definition) is 4. The molecule has 1 amide bonds. The second-order valence-electron chi connectivity index (χ2n) is 4.58. The zero-order chi connectivity index (χ0) is 15.6. The van der Waals surface area contributed by atoms with Crippen molar-refractivity contribution in [2.75, 3.05) is 18.1 Å². The van der Waals surface area contributed by atoms with Crippen molar-refractivity contribution >= 4 is 23.3 Å². The summed E-state index contributed by atoms with van der Waals surface area (Å²) in [6, 6.07) is 1.39. The highest BCUT2D eigenvalue weighted by Gasteiger charge is 2.38. The van der Waals surface area contributed by atoms with E-state index in [0.29, 0.717) is 12.5 Å². The van der Waals surface area contributed by atoms with E-state index >= 15 is 0 Å². The topological polar surface area (TPSA) is 63.7 Å². The van der Waals surface area contributed by atoms with Gasteiger partial charge in [0.15, 0.2) is 11.6 Å². The molecule has 0 aromatic heterocycles. The Morgan fingerprint density at radius 2 is 1.90 bits per heavy atom. The molecule has 21 heavy (non-hydrogen) atoms. The predicted octanol–water partition coefficient (Wildman–Crippen LogP) is 1.84. The summed E-state index contributed by atoms with van der Waals surface area (Å²) in [5.41, 5.74) is -0.364. The maximum absolute atomic E-state index is 13.2. The van der Waals surface area contributed by atoms with Gasteiger partial charge >= 0.3 is 5.97 Å². The molecule has 0 saturated carbocycles. The molecule has 0 N–H and O–H groups in total. The molecule has 2 rings (SSSR count). The highest BCUT2D eigenvalue weighted by molar-refractivity contribution is 6.52. The molecule has 5 nitrogen and oxygen atoms in total. The van der Waals surface area contributed by atoms with Crippen molar-refractivity contribution in [2.45, 2.75) is 19.8 Å². The Morgan fingerprint density at radius 1 is 1.24 bits per heavy atom. The zero-order valence-electron chi connectivity index (χ0n) is 11.3. The van der Waals surface area contributed by atoms with E-state index in [2.05, 4.69) is 0 Å². The van der Waals surface area contributed by atoms with Crippen LogP contribution in [0.15, 0.2) is 12.1 Å². The average Bonchev–Trinajstić information content (AvgIpc) is 2.65. The Labute approximate surface area is 119 Å². The molecule has 1 aliphatic heterocycles. The second-order valence-corrected chi connectivity index (χ2v) is 4.58. The van der Waals surface area contributed by atoms with E-state index in [9.17, 15) is 23.2 Å². The zero-order valence-corrected chi connectivity index (χ0v) is 11.3. The third-order valence-corrected chi connectivity index (χ3v) is 3.06. The molecular weight excluding hydrogens is 284 g/mol. The lowest BCUT2D eigenvalue weighted by Crippen LogP contribution is -2.35. The van der Waals surface area contributed by atoms with Gasteiger partial charge in [0.2, 0.25) is 0 Å². The molecule has 0 atom stereocenters. The Kier molecular flexibility index (Phi) is 4.30. The molecule has 7 heteroatoms. The standard InChI is InChI=1S/C14H13F2NO4/c1-2-3-4-21-12(18)7-17-11-6-10(16)9(15)5-8(11)13(19)14(17)20/h5-6H,2-4,7H2,1H3. The molecule has 0 radical (unpaired) electrons. The maximum Gasteiger partial charge on any atom is 0.326 e. The van der Waals surface area contributed by atoms with Crippen molar-refractivity contribution < 1.29 is 27.9 Å². The summed E-state index contributed by atoms with van der Waals surface area (Å²) in [6.07, 6.45) is 1.51. The monoisotopic (exact) mass is 297 g/mol. The van der Waals surface area contributed by atoms with Crippen LogP contribution in [0.2, 0.25) is 0 Å². The SMILES string of the molecule is CCCCOC(=O)CN1C(=O)C(=O)c2cc(F)c(F)cc21. The lowest BCUT2D eigenvalue weighted by Gasteiger charge is -2.15. The van der Waals surface area contributed by atoms with E-state index in [1.54, 1.807) is 0 Å². The minimum Gasteiger partial charge on any atom is -0.464 e. The van der Waals surface area contributed by atoms with Crippen LogP contribution in [0.25, 0.3) is 0 Å². The number of anilines is 1. The highest BCUT2D eigenvalue weighted by atomic mass is 19.2. The lowest BCUT2D eigenvalue weighted by molar-refractivity contribution is -0.142. The van der Waals surface area contributed by atoms with Crippen molar-refractivity contribution in [1.82, 2.24) is 0 Å². The number of benzene rings is 1. The van der Waals surface area contributed by atoms with Crippen LogP contribution in [0.4, 0.5) is 14.5 Å². The van der Waals surface area contributed by atoms with Crippen molar-refractivity contribution in [1.29, 1.82) is 0 Å². The van der Waals surface area contributed by atoms with Crippen molar-refractivity contribution in [2.24, 2.45) is 0 Å². The molecule has 1 heterocycles. The number of nitrogens with zero attached hydrogens (tertiary/aromatic N) is 1. The van der Waals surface area contributed by atoms with Crippen molar-refractivity contribution in [3.8, 4) is 0 Å². The number of esters is 1. The van der Waals surface area contributed by atoms with Crippen LogP contribution in [0.5, 0.6) is 0 Å². The van der Waals surface area contributed by atoms with Crippen LogP contribution in [-0.4, -0.2) is 30.8 Å². The van der Waals surface area contributed by atoms with E-state index in [1.165, 1.54) is 0 Å². The van der Waals surface area contributed by atoms with E-state index < -0.39 is 35.8 Å². The summed E-state index contributed by atoms with van der Waals surface area (Å²) in [5, 5.41) is 0. The van der Waals surface area contributed by atoms with Gasteiger partial charge in [-0.3, -0.25) is 19.3 Å². The smallest absolute Gasteiger partial charge is 0.326 e. The van der Waals surface area contributed by atoms with Gasteiger partial charge in [0, 0.05) is 6.07 Å². The van der Waals surface area contributed by atoms with Gasteiger partial charge in [0.25, 0.3) is 11.7 Å².